The van der Waals surface area contributed by atoms with Gasteiger partial charge >= 0.3 is 0 Å². The zero-order chi connectivity index (χ0) is 56.6. The molecule has 0 spiro atoms. The fourth-order valence-corrected chi connectivity index (χ4v) is 8.38. The number of fused-ring (bicyclic) bond motifs is 1. The average molecular weight is 857 g/mol. The van der Waals surface area contributed by atoms with E-state index in [1.165, 1.54) is 17.8 Å². The molecule has 0 aliphatic carbocycles. The van der Waals surface area contributed by atoms with Crippen molar-refractivity contribution >= 4 is 11.0 Å². The fraction of sp³-hybridized carbons (Fsp3) is 0.300. The summed E-state index contributed by atoms with van der Waals surface area (Å²) < 4.78 is 113. The van der Waals surface area contributed by atoms with E-state index in [4.69, 9.17) is 27.8 Å². The highest BCUT2D eigenvalue weighted by Crippen LogP contribution is 2.44. The van der Waals surface area contributed by atoms with Crippen LogP contribution in [0.3, 0.4) is 0 Å². The molecule has 0 bridgehead atoms. The molecular formula is C60H65N3O. The molecule has 0 amide bonds. The van der Waals surface area contributed by atoms with Gasteiger partial charge in [-0.3, -0.25) is 9.55 Å². The Labute approximate surface area is 400 Å². The lowest BCUT2D eigenvalue weighted by Gasteiger charge is -2.22. The van der Waals surface area contributed by atoms with Gasteiger partial charge in [-0.05, 0) is 139 Å². The molecule has 4 heteroatoms. The number of hydrogen-bond donors (Lipinski definition) is 1. The van der Waals surface area contributed by atoms with Crippen LogP contribution in [0.1, 0.15) is 140 Å². The molecule has 0 aliphatic heterocycles. The number of pyridine rings is 1. The van der Waals surface area contributed by atoms with Crippen molar-refractivity contribution < 1.29 is 22.9 Å². The van der Waals surface area contributed by atoms with Gasteiger partial charge in [-0.15, -0.1) is 0 Å². The van der Waals surface area contributed by atoms with Crippen LogP contribution in [-0.2, 0) is 17.3 Å². The molecular weight excluding hydrogens is 779 g/mol. The largest absolute Gasteiger partial charge is 0.507 e. The first-order valence-electron chi connectivity index (χ1n) is 28.6. The van der Waals surface area contributed by atoms with Crippen LogP contribution in [0.25, 0.3) is 72.7 Å². The molecule has 8 aromatic rings. The van der Waals surface area contributed by atoms with Crippen molar-refractivity contribution in [3.8, 4) is 67.5 Å². The summed E-state index contributed by atoms with van der Waals surface area (Å²) in [5.74, 6) is 1.25. The van der Waals surface area contributed by atoms with E-state index in [0.717, 1.165) is 56.6 Å². The van der Waals surface area contributed by atoms with E-state index >= 15 is 0 Å². The van der Waals surface area contributed by atoms with Crippen molar-refractivity contribution in [1.82, 2.24) is 14.5 Å². The van der Waals surface area contributed by atoms with E-state index in [2.05, 4.69) is 109 Å². The van der Waals surface area contributed by atoms with E-state index in [9.17, 15) is 5.11 Å². The minimum atomic E-state index is -3.80. The van der Waals surface area contributed by atoms with Gasteiger partial charge in [0.05, 0.1) is 27.8 Å². The number of rotatable bonds is 10. The van der Waals surface area contributed by atoms with Crippen molar-refractivity contribution in [2.75, 3.05) is 0 Å². The summed E-state index contributed by atoms with van der Waals surface area (Å²) in [7, 11) is 0. The maximum atomic E-state index is 12.3. The Morgan fingerprint density at radius 1 is 0.625 bits per heavy atom. The van der Waals surface area contributed by atoms with Crippen LogP contribution < -0.4 is 0 Å². The van der Waals surface area contributed by atoms with Gasteiger partial charge in [0, 0.05) is 35.3 Å². The summed E-state index contributed by atoms with van der Waals surface area (Å²) in [4.78, 5) is 10.3. The predicted octanol–water partition coefficient (Wildman–Crippen LogP) is 16.5. The summed E-state index contributed by atoms with van der Waals surface area (Å²) in [5, 5.41) is 12.3. The van der Waals surface area contributed by atoms with Crippen molar-refractivity contribution in [3.63, 3.8) is 0 Å². The normalized spacial score (nSPS) is 15.8. The van der Waals surface area contributed by atoms with Crippen LogP contribution in [0.4, 0.5) is 0 Å². The highest BCUT2D eigenvalue weighted by molar-refractivity contribution is 5.97. The van der Waals surface area contributed by atoms with Crippen molar-refractivity contribution in [2.45, 2.75) is 112 Å². The first kappa shape index (κ1) is 30.8. The maximum absolute atomic E-state index is 12.3. The molecule has 64 heavy (non-hydrogen) atoms. The number of phenolic OH excluding ortho intramolecular Hbond substituents is 1. The molecule has 0 radical (unpaired) electrons. The minimum absolute atomic E-state index is 0.0147. The minimum Gasteiger partial charge on any atom is -0.507 e. The summed E-state index contributed by atoms with van der Waals surface area (Å²) in [6, 6.07) is 32.4. The molecule has 326 valence electrons. The second-order valence-corrected chi connectivity index (χ2v) is 19.0. The second-order valence-electron chi connectivity index (χ2n) is 19.0. The summed E-state index contributed by atoms with van der Waals surface area (Å²) in [5.41, 5.74) is 6.23. The number of nitrogens with zero attached hydrogens (tertiary/aromatic N) is 3. The van der Waals surface area contributed by atoms with Gasteiger partial charge in [-0.25, -0.2) is 4.98 Å². The Kier molecular flexibility index (Phi) is 8.35. The maximum Gasteiger partial charge on any atom is 0.149 e. The lowest BCUT2D eigenvalue weighted by Crippen LogP contribution is -2.11. The molecule has 1 N–H and O–H groups in total. The number of aromatic hydroxyl groups is 1. The van der Waals surface area contributed by atoms with Crippen molar-refractivity contribution in [3.05, 3.63) is 167 Å². The number of imidazole rings is 1. The Morgan fingerprint density at radius 3 is 2.03 bits per heavy atom. The lowest BCUT2D eigenvalue weighted by molar-refractivity contribution is 0.466. The van der Waals surface area contributed by atoms with Crippen LogP contribution in [0.5, 0.6) is 5.75 Å². The molecule has 0 aliphatic rings. The smallest absolute Gasteiger partial charge is 0.149 e. The van der Waals surface area contributed by atoms with Gasteiger partial charge in [0.15, 0.2) is 0 Å². The van der Waals surface area contributed by atoms with Crippen molar-refractivity contribution in [2.24, 2.45) is 5.92 Å². The lowest BCUT2D eigenvalue weighted by atomic mass is 9.83. The standard InChI is InChI=1S/C60H65N3O/c1-37(2)29-44-33-49(25-26-50(44)41-17-14-13-15-18-41)63-55-20-16-19-51(56(55)62-58(63)53-35-43(38(3)4)34-52(39(5)6)57(53)64)45-30-46(32-48(31-45)60(10,11)12)54-36-42(27-28-61-54)40-21-23-47(24-22-40)59(7,8)9/h13-28,30-39,64H,29H2,1-12H3/i7D3,8D3,9D3,21D,22D,23D,24D. The van der Waals surface area contributed by atoms with E-state index in [-0.39, 0.29) is 28.7 Å². The molecule has 0 fully saturated rings. The Hall–Kier alpha value is -6.26. The number of aromatic nitrogens is 3. The third kappa shape index (κ3) is 8.93. The third-order valence-corrected chi connectivity index (χ3v) is 11.9. The Balaban J connectivity index is 1.38. The first-order valence-corrected chi connectivity index (χ1v) is 22.1. The number of para-hydroxylation sites is 1. The Morgan fingerprint density at radius 2 is 1.36 bits per heavy atom. The topological polar surface area (TPSA) is 50.9 Å². The van der Waals surface area contributed by atoms with Crippen LogP contribution in [0.2, 0.25) is 0 Å². The molecule has 0 saturated carbocycles. The summed E-state index contributed by atoms with van der Waals surface area (Å²) in [6.07, 6.45) is 2.27. The molecule has 2 aromatic heterocycles. The average Bonchev–Trinajstić information content (AvgIpc) is 3.79. The summed E-state index contributed by atoms with van der Waals surface area (Å²) in [6.45, 7) is 7.67. The zero-order valence-corrected chi connectivity index (χ0v) is 38.2. The molecule has 0 unspecified atom stereocenters. The van der Waals surface area contributed by atoms with Crippen LogP contribution in [-0.4, -0.2) is 19.6 Å². The van der Waals surface area contributed by atoms with Gasteiger partial charge in [0.25, 0.3) is 0 Å². The molecule has 2 heterocycles. The fourth-order valence-electron chi connectivity index (χ4n) is 8.38. The summed E-state index contributed by atoms with van der Waals surface area (Å²) >= 11 is 0. The first-order chi connectivity index (χ1) is 35.8. The van der Waals surface area contributed by atoms with Gasteiger partial charge < -0.3 is 5.11 Å². The molecule has 4 nitrogen and oxygen atoms in total. The highest BCUT2D eigenvalue weighted by atomic mass is 16.3. The molecule has 0 saturated heterocycles. The van der Waals surface area contributed by atoms with E-state index in [1.54, 1.807) is 6.07 Å². The number of phenols is 1. The van der Waals surface area contributed by atoms with Gasteiger partial charge in [-0.2, -0.15) is 0 Å². The third-order valence-electron chi connectivity index (χ3n) is 11.9. The monoisotopic (exact) mass is 857 g/mol. The second kappa shape index (κ2) is 17.4. The van der Waals surface area contributed by atoms with Crippen LogP contribution in [0.15, 0.2) is 140 Å². The highest BCUT2D eigenvalue weighted by Gasteiger charge is 2.25. The van der Waals surface area contributed by atoms with Crippen molar-refractivity contribution in [1.29, 1.82) is 0 Å². The van der Waals surface area contributed by atoms with Crippen LogP contribution >= 0.6 is 0 Å². The van der Waals surface area contributed by atoms with Gasteiger partial charge in [0.2, 0.25) is 0 Å². The predicted molar refractivity (Wildman–Crippen MR) is 272 cm³/mol. The number of hydrogen-bond acceptors (Lipinski definition) is 3. The molecule has 8 rings (SSSR count). The zero-order valence-electron chi connectivity index (χ0n) is 51.2. The molecule has 6 aromatic carbocycles. The van der Waals surface area contributed by atoms with E-state index < -0.39 is 61.1 Å². The quantitative estimate of drug-likeness (QED) is 0.149. The van der Waals surface area contributed by atoms with E-state index in [1.807, 2.05) is 54.6 Å². The molecule has 0 atom stereocenters. The van der Waals surface area contributed by atoms with Gasteiger partial charge in [-0.1, -0.05) is 168 Å². The van der Waals surface area contributed by atoms with Crippen LogP contribution in [0, 0.1) is 5.92 Å². The number of benzene rings is 6. The SMILES string of the molecule is [2H]c1c([2H])c(C(C([2H])([2H])[2H])(C([2H])([2H])[2H])C([2H])([2H])[2H])c([2H])c([2H])c1-c1ccnc(-c2cc(-c3cccc4c3nc(-c3cc(C(C)C)cc(C(C)C)c3O)n4-c3ccc(-c4ccccc4)c(CC(C)C)c3)cc(C(C)(C)C)c2)c1. The van der Waals surface area contributed by atoms with Gasteiger partial charge in [0.1, 0.15) is 11.6 Å². The Bertz CT molecular complexity index is 3480. The van der Waals surface area contributed by atoms with E-state index in [0.29, 0.717) is 34.1 Å².